The van der Waals surface area contributed by atoms with Crippen LogP contribution in [-0.4, -0.2) is 9.97 Å². The lowest BCUT2D eigenvalue weighted by atomic mass is 10.1. The minimum atomic E-state index is 0.625. The summed E-state index contributed by atoms with van der Waals surface area (Å²) < 4.78 is 0. The van der Waals surface area contributed by atoms with Gasteiger partial charge in [-0.1, -0.05) is 53.6 Å². The Labute approximate surface area is 135 Å². The second-order valence-corrected chi connectivity index (χ2v) is 5.50. The number of nitrogens with one attached hydrogen (secondary N) is 1. The molecule has 1 N–H and O–H groups in total. The molecule has 0 radical (unpaired) electrons. The van der Waals surface area contributed by atoms with Gasteiger partial charge >= 0.3 is 0 Å². The molecule has 0 spiro atoms. The van der Waals surface area contributed by atoms with Gasteiger partial charge < -0.3 is 5.32 Å². The highest BCUT2D eigenvalue weighted by molar-refractivity contribution is 6.33. The van der Waals surface area contributed by atoms with Crippen molar-refractivity contribution in [3.63, 3.8) is 0 Å². The molecule has 3 rings (SSSR count). The number of aromatic nitrogens is 2. The van der Waals surface area contributed by atoms with Gasteiger partial charge in [-0.3, -0.25) is 0 Å². The predicted molar refractivity (Wildman–Crippen MR) is 91.0 cm³/mol. The Morgan fingerprint density at radius 1 is 1.05 bits per heavy atom. The molecule has 1 heterocycles. The largest absolute Gasteiger partial charge is 0.366 e. The summed E-state index contributed by atoms with van der Waals surface area (Å²) >= 11 is 6.20. The lowest BCUT2D eigenvalue weighted by Crippen LogP contribution is -2.03. The van der Waals surface area contributed by atoms with Gasteiger partial charge in [-0.15, -0.1) is 0 Å². The molecule has 0 saturated carbocycles. The first-order chi connectivity index (χ1) is 10.7. The number of benzene rings is 2. The Balaban J connectivity index is 1.79. The third-order valence-corrected chi connectivity index (χ3v) is 3.66. The summed E-state index contributed by atoms with van der Waals surface area (Å²) in [7, 11) is 0. The first kappa shape index (κ1) is 14.5. The summed E-state index contributed by atoms with van der Waals surface area (Å²) in [5.41, 5.74) is 3.31. The zero-order chi connectivity index (χ0) is 15.4. The predicted octanol–water partition coefficient (Wildman–Crippen LogP) is 4.72. The van der Waals surface area contributed by atoms with Crippen molar-refractivity contribution in [1.82, 2.24) is 9.97 Å². The monoisotopic (exact) mass is 309 g/mol. The van der Waals surface area contributed by atoms with Gasteiger partial charge in [-0.2, -0.15) is 0 Å². The van der Waals surface area contributed by atoms with Crippen molar-refractivity contribution in [1.29, 1.82) is 0 Å². The molecular formula is C18H16ClN3. The summed E-state index contributed by atoms with van der Waals surface area (Å²) in [5.74, 6) is 1.41. The van der Waals surface area contributed by atoms with Crippen LogP contribution in [0.4, 0.5) is 5.82 Å². The molecule has 0 aliphatic carbocycles. The Bertz CT molecular complexity index is 787. The first-order valence-corrected chi connectivity index (χ1v) is 7.47. The maximum atomic E-state index is 6.20. The van der Waals surface area contributed by atoms with Crippen LogP contribution in [-0.2, 0) is 6.54 Å². The average molecular weight is 310 g/mol. The van der Waals surface area contributed by atoms with Crippen molar-refractivity contribution < 1.29 is 0 Å². The molecule has 3 aromatic rings. The lowest BCUT2D eigenvalue weighted by Gasteiger charge is -2.08. The SMILES string of the molecule is Cc1cccc(CNc2ccnc(-c3ccccc3Cl)n2)c1. The third kappa shape index (κ3) is 3.43. The van der Waals surface area contributed by atoms with Crippen molar-refractivity contribution in [2.45, 2.75) is 13.5 Å². The molecule has 0 aliphatic heterocycles. The van der Waals surface area contributed by atoms with Crippen LogP contribution in [0.15, 0.2) is 60.8 Å². The second-order valence-electron chi connectivity index (χ2n) is 5.09. The van der Waals surface area contributed by atoms with Gasteiger partial charge in [-0.05, 0) is 30.7 Å². The van der Waals surface area contributed by atoms with E-state index in [-0.39, 0.29) is 0 Å². The second kappa shape index (κ2) is 6.58. The van der Waals surface area contributed by atoms with Crippen molar-refractivity contribution in [3.8, 4) is 11.4 Å². The standard InChI is InChI=1S/C18H16ClN3/c1-13-5-4-6-14(11-13)12-21-17-9-10-20-18(22-17)15-7-2-3-8-16(15)19/h2-11H,12H2,1H3,(H,20,21,22). The van der Waals surface area contributed by atoms with Crippen LogP contribution in [0.3, 0.4) is 0 Å². The minimum Gasteiger partial charge on any atom is -0.366 e. The Hall–Kier alpha value is -2.39. The molecule has 2 aromatic carbocycles. The van der Waals surface area contributed by atoms with Gasteiger partial charge in [0.15, 0.2) is 5.82 Å². The number of aryl methyl sites for hydroxylation is 1. The Morgan fingerprint density at radius 2 is 1.91 bits per heavy atom. The number of nitrogens with zero attached hydrogens (tertiary/aromatic N) is 2. The minimum absolute atomic E-state index is 0.625. The van der Waals surface area contributed by atoms with E-state index in [0.29, 0.717) is 10.8 Å². The van der Waals surface area contributed by atoms with Gasteiger partial charge in [0.05, 0.1) is 5.02 Å². The molecule has 0 fully saturated rings. The summed E-state index contributed by atoms with van der Waals surface area (Å²) in [6.45, 7) is 2.81. The normalized spacial score (nSPS) is 10.5. The maximum Gasteiger partial charge on any atom is 0.162 e. The van der Waals surface area contributed by atoms with E-state index in [9.17, 15) is 0 Å². The van der Waals surface area contributed by atoms with Crippen LogP contribution in [0.1, 0.15) is 11.1 Å². The molecule has 0 bridgehead atoms. The Morgan fingerprint density at radius 3 is 2.73 bits per heavy atom. The fraction of sp³-hybridized carbons (Fsp3) is 0.111. The highest BCUT2D eigenvalue weighted by Gasteiger charge is 2.06. The highest BCUT2D eigenvalue weighted by Crippen LogP contribution is 2.25. The molecule has 110 valence electrons. The molecule has 22 heavy (non-hydrogen) atoms. The van der Waals surface area contributed by atoms with Gasteiger partial charge in [0.1, 0.15) is 5.82 Å². The van der Waals surface area contributed by atoms with E-state index >= 15 is 0 Å². The smallest absolute Gasteiger partial charge is 0.162 e. The van der Waals surface area contributed by atoms with E-state index in [1.807, 2.05) is 30.3 Å². The highest BCUT2D eigenvalue weighted by atomic mass is 35.5. The summed E-state index contributed by atoms with van der Waals surface area (Å²) in [5, 5.41) is 3.97. The van der Waals surface area contributed by atoms with Gasteiger partial charge in [0.2, 0.25) is 0 Å². The fourth-order valence-electron chi connectivity index (χ4n) is 2.24. The molecule has 0 atom stereocenters. The van der Waals surface area contributed by atoms with E-state index in [4.69, 9.17) is 11.6 Å². The number of rotatable bonds is 4. The zero-order valence-electron chi connectivity index (χ0n) is 12.3. The summed E-state index contributed by atoms with van der Waals surface area (Å²) in [6.07, 6.45) is 1.74. The lowest BCUT2D eigenvalue weighted by molar-refractivity contribution is 1.08. The molecule has 0 saturated heterocycles. The van der Waals surface area contributed by atoms with Gasteiger partial charge in [-0.25, -0.2) is 9.97 Å². The molecule has 0 unspecified atom stereocenters. The summed E-state index contributed by atoms with van der Waals surface area (Å²) in [6, 6.07) is 17.8. The van der Waals surface area contributed by atoms with E-state index in [1.54, 1.807) is 6.20 Å². The first-order valence-electron chi connectivity index (χ1n) is 7.10. The van der Waals surface area contributed by atoms with Crippen LogP contribution in [0.25, 0.3) is 11.4 Å². The molecule has 1 aromatic heterocycles. The van der Waals surface area contributed by atoms with Crippen LogP contribution < -0.4 is 5.32 Å². The number of hydrogen-bond donors (Lipinski definition) is 1. The topological polar surface area (TPSA) is 37.8 Å². The molecule has 0 amide bonds. The number of anilines is 1. The van der Waals surface area contributed by atoms with Crippen molar-refractivity contribution >= 4 is 17.4 Å². The number of halogens is 1. The van der Waals surface area contributed by atoms with E-state index in [1.165, 1.54) is 11.1 Å². The Kier molecular flexibility index (Phi) is 4.35. The van der Waals surface area contributed by atoms with Crippen molar-refractivity contribution in [3.05, 3.63) is 76.9 Å². The van der Waals surface area contributed by atoms with Crippen LogP contribution in [0.2, 0.25) is 5.02 Å². The average Bonchev–Trinajstić information content (AvgIpc) is 2.54. The zero-order valence-corrected chi connectivity index (χ0v) is 13.0. The van der Waals surface area contributed by atoms with Gasteiger partial charge in [0, 0.05) is 18.3 Å². The maximum absolute atomic E-state index is 6.20. The van der Waals surface area contributed by atoms with E-state index in [0.717, 1.165) is 17.9 Å². The fourth-order valence-corrected chi connectivity index (χ4v) is 2.46. The quantitative estimate of drug-likeness (QED) is 0.758. The van der Waals surface area contributed by atoms with E-state index < -0.39 is 0 Å². The van der Waals surface area contributed by atoms with Crippen molar-refractivity contribution in [2.75, 3.05) is 5.32 Å². The van der Waals surface area contributed by atoms with Gasteiger partial charge in [0.25, 0.3) is 0 Å². The van der Waals surface area contributed by atoms with Crippen LogP contribution >= 0.6 is 11.6 Å². The van der Waals surface area contributed by atoms with Crippen molar-refractivity contribution in [2.24, 2.45) is 0 Å². The molecule has 4 heteroatoms. The van der Waals surface area contributed by atoms with Crippen LogP contribution in [0, 0.1) is 6.92 Å². The van der Waals surface area contributed by atoms with E-state index in [2.05, 4.69) is 46.5 Å². The molecule has 0 aliphatic rings. The number of hydrogen-bond acceptors (Lipinski definition) is 3. The third-order valence-electron chi connectivity index (χ3n) is 3.33. The molecule has 3 nitrogen and oxygen atoms in total. The molecular weight excluding hydrogens is 294 g/mol. The summed E-state index contributed by atoms with van der Waals surface area (Å²) in [4.78, 5) is 8.84. The van der Waals surface area contributed by atoms with Crippen LogP contribution in [0.5, 0.6) is 0 Å².